The van der Waals surface area contributed by atoms with Crippen LogP contribution in [0.5, 0.6) is 0 Å². The molecule has 3 nitrogen and oxygen atoms in total. The molecule has 1 rings (SSSR count). The summed E-state index contributed by atoms with van der Waals surface area (Å²) in [6, 6.07) is 5.39. The van der Waals surface area contributed by atoms with E-state index in [1.54, 1.807) is 12.1 Å². The number of hydrogen-bond donors (Lipinski definition) is 2. The zero-order valence-electron chi connectivity index (χ0n) is 11.2. The van der Waals surface area contributed by atoms with Gasteiger partial charge < -0.3 is 11.1 Å². The number of nitrogens with two attached hydrogens (primary N) is 1. The second kappa shape index (κ2) is 6.41. The first kappa shape index (κ1) is 15.3. The van der Waals surface area contributed by atoms with Crippen molar-refractivity contribution in [3.8, 4) is 0 Å². The van der Waals surface area contributed by atoms with Crippen molar-refractivity contribution in [3.05, 3.63) is 27.3 Å². The fourth-order valence-corrected chi connectivity index (χ4v) is 2.51. The first-order valence-corrected chi connectivity index (χ1v) is 7.43. The summed E-state index contributed by atoms with van der Waals surface area (Å²) in [5.74, 6) is -0.0153. The summed E-state index contributed by atoms with van der Waals surface area (Å²) in [6.07, 6.45) is 2.83. The van der Waals surface area contributed by atoms with Crippen LogP contribution in [0.4, 0.5) is 5.69 Å². The van der Waals surface area contributed by atoms with Gasteiger partial charge >= 0.3 is 0 Å². The van der Waals surface area contributed by atoms with Gasteiger partial charge in [-0.25, -0.2) is 0 Å². The number of halogens is 1. The van der Waals surface area contributed by atoms with Gasteiger partial charge in [-0.1, -0.05) is 20.8 Å². The second-order valence-electron chi connectivity index (χ2n) is 4.53. The minimum Gasteiger partial charge on any atom is -0.398 e. The summed E-state index contributed by atoms with van der Waals surface area (Å²) in [4.78, 5) is 12.2. The molecule has 0 aliphatic rings. The Kier molecular flexibility index (Phi) is 5.44. The van der Waals surface area contributed by atoms with Crippen LogP contribution in [0.15, 0.2) is 18.2 Å². The van der Waals surface area contributed by atoms with Crippen molar-refractivity contribution in [2.75, 3.05) is 5.73 Å². The molecule has 0 spiro atoms. The fourth-order valence-electron chi connectivity index (χ4n) is 2.00. The SMILES string of the molecule is CCC(CC)(CC)NC(=O)c1ccc(N)c(I)c1. The molecule has 0 fully saturated rings. The van der Waals surface area contributed by atoms with Gasteiger partial charge in [0.1, 0.15) is 0 Å². The van der Waals surface area contributed by atoms with E-state index >= 15 is 0 Å². The van der Waals surface area contributed by atoms with Gasteiger partial charge in [-0.05, 0) is 60.1 Å². The average molecular weight is 360 g/mol. The summed E-state index contributed by atoms with van der Waals surface area (Å²) in [5.41, 5.74) is 7.04. The van der Waals surface area contributed by atoms with Crippen molar-refractivity contribution in [2.45, 2.75) is 45.6 Å². The molecule has 3 N–H and O–H groups in total. The Labute approximate surface area is 123 Å². The van der Waals surface area contributed by atoms with Crippen LogP contribution in [0, 0.1) is 3.57 Å². The van der Waals surface area contributed by atoms with Crippen molar-refractivity contribution in [2.24, 2.45) is 0 Å². The fraction of sp³-hybridized carbons (Fsp3) is 0.500. The van der Waals surface area contributed by atoms with E-state index in [2.05, 4.69) is 48.7 Å². The maximum atomic E-state index is 12.2. The minimum atomic E-state index is -0.0933. The lowest BCUT2D eigenvalue weighted by Crippen LogP contribution is -2.47. The van der Waals surface area contributed by atoms with Crippen molar-refractivity contribution in [1.82, 2.24) is 5.32 Å². The zero-order chi connectivity index (χ0) is 13.8. The predicted molar refractivity (Wildman–Crippen MR) is 84.6 cm³/mol. The number of hydrogen-bond acceptors (Lipinski definition) is 2. The Hall–Kier alpha value is -0.780. The average Bonchev–Trinajstić information content (AvgIpc) is 2.39. The number of benzene rings is 1. The monoisotopic (exact) mass is 360 g/mol. The Morgan fingerprint density at radius 3 is 2.28 bits per heavy atom. The topological polar surface area (TPSA) is 55.1 Å². The third-order valence-electron chi connectivity index (χ3n) is 3.67. The van der Waals surface area contributed by atoms with Gasteiger partial charge in [0, 0.05) is 20.4 Å². The van der Waals surface area contributed by atoms with Crippen LogP contribution in [0.25, 0.3) is 0 Å². The minimum absolute atomic E-state index is 0.0153. The maximum absolute atomic E-state index is 12.2. The van der Waals surface area contributed by atoms with Crippen LogP contribution in [0.1, 0.15) is 50.4 Å². The van der Waals surface area contributed by atoms with Crippen LogP contribution in [0.2, 0.25) is 0 Å². The van der Waals surface area contributed by atoms with Gasteiger partial charge in [-0.3, -0.25) is 4.79 Å². The van der Waals surface area contributed by atoms with E-state index in [-0.39, 0.29) is 11.4 Å². The molecule has 0 heterocycles. The van der Waals surface area contributed by atoms with Crippen LogP contribution in [-0.2, 0) is 0 Å². The molecule has 1 aromatic rings. The predicted octanol–water partition coefficient (Wildman–Crippen LogP) is 3.57. The lowest BCUT2D eigenvalue weighted by Gasteiger charge is -2.31. The molecule has 100 valence electrons. The van der Waals surface area contributed by atoms with Crippen LogP contribution in [0.3, 0.4) is 0 Å². The van der Waals surface area contributed by atoms with Crippen molar-refractivity contribution < 1.29 is 4.79 Å². The normalized spacial score (nSPS) is 11.3. The second-order valence-corrected chi connectivity index (χ2v) is 5.69. The lowest BCUT2D eigenvalue weighted by atomic mass is 9.89. The van der Waals surface area contributed by atoms with Gasteiger partial charge in [0.05, 0.1) is 0 Å². The molecule has 0 radical (unpaired) electrons. The largest absolute Gasteiger partial charge is 0.398 e. The van der Waals surface area contributed by atoms with Gasteiger partial charge in [-0.15, -0.1) is 0 Å². The number of anilines is 1. The molecular formula is C14H21IN2O. The number of rotatable bonds is 5. The van der Waals surface area contributed by atoms with Crippen LogP contribution >= 0.6 is 22.6 Å². The molecule has 0 aliphatic carbocycles. The molecule has 0 unspecified atom stereocenters. The quantitative estimate of drug-likeness (QED) is 0.623. The van der Waals surface area contributed by atoms with E-state index in [9.17, 15) is 4.79 Å². The third kappa shape index (κ3) is 3.37. The summed E-state index contributed by atoms with van der Waals surface area (Å²) >= 11 is 2.14. The Morgan fingerprint density at radius 1 is 1.28 bits per heavy atom. The summed E-state index contributed by atoms with van der Waals surface area (Å²) in [6.45, 7) is 6.33. The molecule has 0 bridgehead atoms. The summed E-state index contributed by atoms with van der Waals surface area (Å²) in [5, 5.41) is 3.16. The molecular weight excluding hydrogens is 339 g/mol. The third-order valence-corrected chi connectivity index (χ3v) is 4.61. The molecule has 0 atom stereocenters. The number of nitrogens with one attached hydrogen (secondary N) is 1. The highest BCUT2D eigenvalue weighted by Gasteiger charge is 2.26. The lowest BCUT2D eigenvalue weighted by molar-refractivity contribution is 0.0888. The van der Waals surface area contributed by atoms with Crippen LogP contribution in [-0.4, -0.2) is 11.4 Å². The number of carbonyl (C=O) groups excluding carboxylic acids is 1. The Morgan fingerprint density at radius 2 is 1.83 bits per heavy atom. The van der Waals surface area contributed by atoms with E-state index in [1.807, 2.05) is 6.07 Å². The van der Waals surface area contributed by atoms with Crippen molar-refractivity contribution in [3.63, 3.8) is 0 Å². The molecule has 1 amide bonds. The Bertz CT molecular complexity index is 420. The van der Waals surface area contributed by atoms with Crippen LogP contribution < -0.4 is 11.1 Å². The smallest absolute Gasteiger partial charge is 0.251 e. The number of carbonyl (C=O) groups is 1. The molecule has 1 aromatic carbocycles. The number of nitrogen functional groups attached to an aromatic ring is 1. The molecule has 0 saturated carbocycles. The summed E-state index contributed by atoms with van der Waals surface area (Å²) < 4.78 is 0.912. The van der Waals surface area contributed by atoms with E-state index in [4.69, 9.17) is 5.73 Å². The van der Waals surface area contributed by atoms with Gasteiger partial charge in [-0.2, -0.15) is 0 Å². The highest BCUT2D eigenvalue weighted by Crippen LogP contribution is 2.21. The van der Waals surface area contributed by atoms with E-state index in [0.717, 1.165) is 22.8 Å². The van der Waals surface area contributed by atoms with E-state index in [0.29, 0.717) is 11.3 Å². The van der Waals surface area contributed by atoms with E-state index < -0.39 is 0 Å². The molecule has 18 heavy (non-hydrogen) atoms. The first-order chi connectivity index (χ1) is 8.48. The van der Waals surface area contributed by atoms with Gasteiger partial charge in [0.25, 0.3) is 5.91 Å². The standard InChI is InChI=1S/C14H21IN2O/c1-4-14(5-2,6-3)17-13(18)10-7-8-12(16)11(15)9-10/h7-9H,4-6,16H2,1-3H3,(H,17,18). The molecule has 4 heteroatoms. The zero-order valence-corrected chi connectivity index (χ0v) is 13.4. The van der Waals surface area contributed by atoms with Gasteiger partial charge in [0.2, 0.25) is 0 Å². The molecule has 0 aliphatic heterocycles. The Balaban J connectivity index is 2.90. The maximum Gasteiger partial charge on any atom is 0.251 e. The highest BCUT2D eigenvalue weighted by atomic mass is 127. The summed E-state index contributed by atoms with van der Waals surface area (Å²) in [7, 11) is 0. The first-order valence-electron chi connectivity index (χ1n) is 6.35. The highest BCUT2D eigenvalue weighted by molar-refractivity contribution is 14.1. The van der Waals surface area contributed by atoms with Crippen molar-refractivity contribution in [1.29, 1.82) is 0 Å². The van der Waals surface area contributed by atoms with E-state index in [1.165, 1.54) is 0 Å². The van der Waals surface area contributed by atoms with Crippen molar-refractivity contribution >= 4 is 34.2 Å². The van der Waals surface area contributed by atoms with Gasteiger partial charge in [0.15, 0.2) is 0 Å². The number of amides is 1. The molecule has 0 saturated heterocycles. The molecule has 0 aromatic heterocycles.